The normalized spacial score (nSPS) is 10.4. The Morgan fingerprint density at radius 2 is 0.735 bits per heavy atom. The van der Waals surface area contributed by atoms with Crippen molar-refractivity contribution in [3.8, 4) is 34.5 Å². The van der Waals surface area contributed by atoms with Crippen molar-refractivity contribution in [2.45, 2.75) is 13.8 Å². The fraction of sp³-hybridized carbons (Fsp3) is 0.138. The average molecular weight is 455 g/mol. The molecule has 0 fully saturated rings. The monoisotopic (exact) mass is 454 g/mol. The van der Waals surface area contributed by atoms with Crippen LogP contribution in [-0.2, 0) is 0 Å². The zero-order chi connectivity index (χ0) is 23.8. The maximum Gasteiger partial charge on any atom is 0.193 e. The molecule has 0 spiro atoms. The van der Waals surface area contributed by atoms with Crippen molar-refractivity contribution in [2.75, 3.05) is 13.2 Å². The summed E-state index contributed by atoms with van der Waals surface area (Å²) < 4.78 is 22.6. The number of rotatable bonds is 10. The number of hydrogen-bond acceptors (Lipinski definition) is 5. The number of ether oxygens (including phenoxy) is 4. The first kappa shape index (κ1) is 22.9. The van der Waals surface area contributed by atoms with Crippen molar-refractivity contribution in [2.24, 2.45) is 0 Å². The molecule has 0 aliphatic heterocycles. The van der Waals surface area contributed by atoms with Crippen LogP contribution in [0.3, 0.4) is 0 Å². The second-order valence-corrected chi connectivity index (χ2v) is 7.39. The van der Waals surface area contributed by atoms with E-state index in [-0.39, 0.29) is 5.78 Å². The standard InChI is InChI=1S/C29H26O5/c1-3-31-23-13-17-27(18-14-23)33-25-9-5-21(6-10-25)29(30)22-7-11-26(12-8-22)34-28-19-15-24(16-20-28)32-4-2/h5-20H,3-4H2,1-2H3. The molecular formula is C29H26O5. The Bertz CT molecular complexity index is 1100. The Morgan fingerprint density at radius 1 is 0.471 bits per heavy atom. The molecule has 4 rings (SSSR count). The van der Waals surface area contributed by atoms with E-state index in [0.29, 0.717) is 47.3 Å². The van der Waals surface area contributed by atoms with Gasteiger partial charge in [0, 0.05) is 11.1 Å². The molecule has 172 valence electrons. The zero-order valence-corrected chi connectivity index (χ0v) is 19.2. The Balaban J connectivity index is 1.36. The zero-order valence-electron chi connectivity index (χ0n) is 19.2. The van der Waals surface area contributed by atoms with Gasteiger partial charge in [-0.3, -0.25) is 4.79 Å². The molecule has 0 radical (unpaired) electrons. The Hall–Kier alpha value is -4.25. The Kier molecular flexibility index (Phi) is 7.45. The highest BCUT2D eigenvalue weighted by Crippen LogP contribution is 2.26. The minimum Gasteiger partial charge on any atom is -0.494 e. The molecule has 0 amide bonds. The first-order chi connectivity index (χ1) is 16.6. The molecule has 0 aliphatic rings. The first-order valence-electron chi connectivity index (χ1n) is 11.2. The van der Waals surface area contributed by atoms with Crippen molar-refractivity contribution in [3.63, 3.8) is 0 Å². The van der Waals surface area contributed by atoms with Crippen LogP contribution in [0.25, 0.3) is 0 Å². The maximum atomic E-state index is 12.9. The van der Waals surface area contributed by atoms with Gasteiger partial charge in [0.1, 0.15) is 34.5 Å². The number of carbonyl (C=O) groups excluding carboxylic acids is 1. The van der Waals surface area contributed by atoms with Crippen molar-refractivity contribution in [1.29, 1.82) is 0 Å². The fourth-order valence-corrected chi connectivity index (χ4v) is 3.33. The highest BCUT2D eigenvalue weighted by molar-refractivity contribution is 6.09. The average Bonchev–Trinajstić information content (AvgIpc) is 2.87. The van der Waals surface area contributed by atoms with Gasteiger partial charge >= 0.3 is 0 Å². The van der Waals surface area contributed by atoms with Gasteiger partial charge in [0.15, 0.2) is 5.78 Å². The van der Waals surface area contributed by atoms with Crippen LogP contribution in [-0.4, -0.2) is 19.0 Å². The third-order valence-corrected chi connectivity index (χ3v) is 4.97. The summed E-state index contributed by atoms with van der Waals surface area (Å²) in [4.78, 5) is 12.9. The molecule has 0 heterocycles. The lowest BCUT2D eigenvalue weighted by Gasteiger charge is -2.09. The van der Waals surface area contributed by atoms with Crippen LogP contribution in [0.15, 0.2) is 97.1 Å². The minimum absolute atomic E-state index is 0.0692. The number of hydrogen-bond donors (Lipinski definition) is 0. The van der Waals surface area contributed by atoms with E-state index in [4.69, 9.17) is 18.9 Å². The number of ketones is 1. The van der Waals surface area contributed by atoms with Crippen LogP contribution in [0.5, 0.6) is 34.5 Å². The fourth-order valence-electron chi connectivity index (χ4n) is 3.33. The van der Waals surface area contributed by atoms with Crippen LogP contribution >= 0.6 is 0 Å². The van der Waals surface area contributed by atoms with Gasteiger partial charge in [-0.1, -0.05) is 0 Å². The lowest BCUT2D eigenvalue weighted by atomic mass is 10.0. The molecule has 0 saturated heterocycles. The summed E-state index contributed by atoms with van der Waals surface area (Å²) in [5, 5.41) is 0. The molecule has 0 saturated carbocycles. The smallest absolute Gasteiger partial charge is 0.193 e. The highest BCUT2D eigenvalue weighted by atomic mass is 16.5. The molecule has 5 heteroatoms. The summed E-state index contributed by atoms with van der Waals surface area (Å²) in [6, 6.07) is 29.0. The SMILES string of the molecule is CCOc1ccc(Oc2ccc(C(=O)c3ccc(Oc4ccc(OCC)cc4)cc3)cc2)cc1. The van der Waals surface area contributed by atoms with Gasteiger partial charge in [0.25, 0.3) is 0 Å². The summed E-state index contributed by atoms with van der Waals surface area (Å²) in [6.45, 7) is 5.13. The molecule has 4 aromatic rings. The van der Waals surface area contributed by atoms with Crippen molar-refractivity contribution < 1.29 is 23.7 Å². The van der Waals surface area contributed by atoms with Crippen LogP contribution in [0.4, 0.5) is 0 Å². The van der Waals surface area contributed by atoms with E-state index >= 15 is 0 Å². The van der Waals surface area contributed by atoms with E-state index in [2.05, 4.69) is 0 Å². The lowest BCUT2D eigenvalue weighted by Crippen LogP contribution is -2.01. The predicted octanol–water partition coefficient (Wildman–Crippen LogP) is 7.30. The molecule has 0 atom stereocenters. The molecule has 5 nitrogen and oxygen atoms in total. The van der Waals surface area contributed by atoms with Gasteiger partial charge in [0.2, 0.25) is 0 Å². The molecule has 4 aromatic carbocycles. The van der Waals surface area contributed by atoms with Gasteiger partial charge in [-0.2, -0.15) is 0 Å². The van der Waals surface area contributed by atoms with Crippen LogP contribution in [0, 0.1) is 0 Å². The second-order valence-electron chi connectivity index (χ2n) is 7.39. The van der Waals surface area contributed by atoms with Gasteiger partial charge < -0.3 is 18.9 Å². The highest BCUT2D eigenvalue weighted by Gasteiger charge is 2.10. The molecule has 0 bridgehead atoms. The maximum absolute atomic E-state index is 12.9. The lowest BCUT2D eigenvalue weighted by molar-refractivity contribution is 0.103. The molecule has 0 aromatic heterocycles. The Morgan fingerprint density at radius 3 is 1.03 bits per heavy atom. The molecule has 0 N–H and O–H groups in total. The first-order valence-corrected chi connectivity index (χ1v) is 11.2. The van der Waals surface area contributed by atoms with E-state index in [0.717, 1.165) is 11.5 Å². The predicted molar refractivity (Wildman–Crippen MR) is 132 cm³/mol. The van der Waals surface area contributed by atoms with Crippen molar-refractivity contribution in [3.05, 3.63) is 108 Å². The van der Waals surface area contributed by atoms with Crippen molar-refractivity contribution in [1.82, 2.24) is 0 Å². The third kappa shape index (κ3) is 5.95. The third-order valence-electron chi connectivity index (χ3n) is 4.97. The van der Waals surface area contributed by atoms with Gasteiger partial charge in [-0.15, -0.1) is 0 Å². The summed E-state index contributed by atoms with van der Waals surface area (Å²) in [7, 11) is 0. The van der Waals surface area contributed by atoms with E-state index in [1.54, 1.807) is 48.5 Å². The quantitative estimate of drug-likeness (QED) is 0.235. The topological polar surface area (TPSA) is 54.0 Å². The van der Waals surface area contributed by atoms with E-state index in [1.165, 1.54) is 0 Å². The molecule has 0 unspecified atom stereocenters. The molecular weight excluding hydrogens is 428 g/mol. The summed E-state index contributed by atoms with van der Waals surface area (Å²) in [6.07, 6.45) is 0. The Labute approximate surface area is 199 Å². The van der Waals surface area contributed by atoms with Crippen LogP contribution < -0.4 is 18.9 Å². The van der Waals surface area contributed by atoms with Crippen molar-refractivity contribution >= 4 is 5.78 Å². The summed E-state index contributed by atoms with van der Waals surface area (Å²) in [5.41, 5.74) is 1.17. The van der Waals surface area contributed by atoms with E-state index < -0.39 is 0 Å². The summed E-state index contributed by atoms with van der Waals surface area (Å²) in [5.74, 6) is 4.23. The molecule has 0 aliphatic carbocycles. The van der Waals surface area contributed by atoms with Gasteiger partial charge in [-0.05, 0) is 111 Å². The van der Waals surface area contributed by atoms with E-state index in [9.17, 15) is 4.79 Å². The second kappa shape index (κ2) is 11.1. The van der Waals surface area contributed by atoms with E-state index in [1.807, 2.05) is 62.4 Å². The van der Waals surface area contributed by atoms with Crippen LogP contribution in [0.2, 0.25) is 0 Å². The summed E-state index contributed by atoms with van der Waals surface area (Å²) >= 11 is 0. The largest absolute Gasteiger partial charge is 0.494 e. The van der Waals surface area contributed by atoms with Crippen LogP contribution in [0.1, 0.15) is 29.8 Å². The number of carbonyl (C=O) groups is 1. The molecule has 34 heavy (non-hydrogen) atoms. The van der Waals surface area contributed by atoms with Gasteiger partial charge in [0.05, 0.1) is 13.2 Å². The van der Waals surface area contributed by atoms with Gasteiger partial charge in [-0.25, -0.2) is 0 Å². The number of benzene rings is 4. The minimum atomic E-state index is -0.0692.